The molecule has 0 amide bonds. The number of fused-ring (bicyclic) bond motifs is 1. The van der Waals surface area contributed by atoms with Crippen LogP contribution in [0.25, 0.3) is 0 Å². The number of hydrogen-bond donors (Lipinski definition) is 0. The first-order valence-electron chi connectivity index (χ1n) is 3.30. The minimum atomic E-state index is -0.420. The van der Waals surface area contributed by atoms with E-state index in [1.54, 1.807) is 0 Å². The van der Waals surface area contributed by atoms with Crippen LogP contribution in [0.1, 0.15) is 6.42 Å². The van der Waals surface area contributed by atoms with E-state index >= 15 is 0 Å². The minimum absolute atomic E-state index is 0.0162. The van der Waals surface area contributed by atoms with Crippen LogP contribution in [0.5, 0.6) is 0 Å². The summed E-state index contributed by atoms with van der Waals surface area (Å²) in [6.45, 7) is 0. The fourth-order valence-electron chi connectivity index (χ4n) is 1.47. The lowest BCUT2D eigenvalue weighted by atomic mass is 9.99. The molecule has 1 aliphatic carbocycles. The van der Waals surface area contributed by atoms with Crippen LogP contribution in [-0.2, 0) is 9.53 Å². The Morgan fingerprint density at radius 3 is 3.20 bits per heavy atom. The third-order valence-corrected chi connectivity index (χ3v) is 2.43. The Balaban J connectivity index is 2.25. The molecular formula is C7H7ClO2. The topological polar surface area (TPSA) is 26.3 Å². The minimum Gasteiger partial charge on any atom is -0.445 e. The number of halogens is 1. The number of rotatable bonds is 0. The first-order valence-corrected chi connectivity index (χ1v) is 3.74. The molecule has 2 aliphatic rings. The molecule has 1 heterocycles. The molecule has 0 N–H and O–H groups in total. The van der Waals surface area contributed by atoms with Crippen molar-refractivity contribution in [3.63, 3.8) is 0 Å². The van der Waals surface area contributed by atoms with Gasteiger partial charge in [-0.05, 0) is 6.42 Å². The Hall–Kier alpha value is -0.500. The Kier molecular flexibility index (Phi) is 1.24. The molecule has 3 unspecified atom stereocenters. The molecule has 3 atom stereocenters. The monoisotopic (exact) mass is 158 g/mol. The Bertz CT molecular complexity index is 200. The molecule has 0 spiro atoms. The highest BCUT2D eigenvalue weighted by Crippen LogP contribution is 2.38. The third-order valence-electron chi connectivity index (χ3n) is 2.05. The van der Waals surface area contributed by atoms with Crippen LogP contribution in [0.15, 0.2) is 12.2 Å². The molecule has 2 nitrogen and oxygen atoms in total. The second-order valence-electron chi connectivity index (χ2n) is 2.64. The van der Waals surface area contributed by atoms with Crippen molar-refractivity contribution in [1.82, 2.24) is 0 Å². The van der Waals surface area contributed by atoms with Crippen molar-refractivity contribution in [3.8, 4) is 0 Å². The zero-order chi connectivity index (χ0) is 7.14. The first-order chi connectivity index (χ1) is 4.79. The summed E-state index contributed by atoms with van der Waals surface area (Å²) in [5.74, 6) is 0.00617. The quantitative estimate of drug-likeness (QED) is 0.302. The van der Waals surface area contributed by atoms with Crippen LogP contribution in [0.2, 0.25) is 0 Å². The van der Waals surface area contributed by atoms with Crippen molar-refractivity contribution in [3.05, 3.63) is 12.2 Å². The van der Waals surface area contributed by atoms with Gasteiger partial charge in [-0.2, -0.15) is 0 Å². The number of alkyl halides is 1. The fourth-order valence-corrected chi connectivity index (χ4v) is 1.82. The van der Waals surface area contributed by atoms with E-state index in [1.807, 2.05) is 12.2 Å². The normalized spacial score (nSPS) is 43.7. The Morgan fingerprint density at radius 1 is 1.70 bits per heavy atom. The van der Waals surface area contributed by atoms with Gasteiger partial charge < -0.3 is 4.74 Å². The van der Waals surface area contributed by atoms with Gasteiger partial charge in [-0.1, -0.05) is 23.8 Å². The van der Waals surface area contributed by atoms with Crippen LogP contribution >= 0.6 is 11.6 Å². The SMILES string of the molecule is O=C1OC(Cl)C2C=CCC12. The number of allylic oxidation sites excluding steroid dienone is 1. The van der Waals surface area contributed by atoms with Gasteiger partial charge in [-0.25, -0.2) is 0 Å². The molecule has 0 aromatic heterocycles. The highest BCUT2D eigenvalue weighted by Gasteiger charge is 2.43. The van der Waals surface area contributed by atoms with Crippen LogP contribution in [0, 0.1) is 11.8 Å². The number of carbonyl (C=O) groups is 1. The number of carbonyl (C=O) groups excluding carboxylic acids is 1. The standard InChI is InChI=1S/C7H7ClO2/c8-6-4-2-1-3-5(4)7(9)10-6/h1-2,4-6H,3H2. The van der Waals surface area contributed by atoms with Gasteiger partial charge in [0.25, 0.3) is 0 Å². The van der Waals surface area contributed by atoms with Gasteiger partial charge in [-0.3, -0.25) is 4.79 Å². The number of ether oxygens (including phenoxy) is 1. The average molecular weight is 159 g/mol. The summed E-state index contributed by atoms with van der Waals surface area (Å²) in [4.78, 5) is 10.9. The van der Waals surface area contributed by atoms with E-state index in [0.29, 0.717) is 0 Å². The maximum atomic E-state index is 10.9. The summed E-state index contributed by atoms with van der Waals surface area (Å²) in [5, 5.41) is 0. The molecule has 1 saturated heterocycles. The van der Waals surface area contributed by atoms with Gasteiger partial charge in [0.05, 0.1) is 5.92 Å². The van der Waals surface area contributed by atoms with Crippen LogP contribution in [-0.4, -0.2) is 11.5 Å². The highest BCUT2D eigenvalue weighted by molar-refractivity contribution is 6.21. The van der Waals surface area contributed by atoms with Crippen LogP contribution in [0.3, 0.4) is 0 Å². The largest absolute Gasteiger partial charge is 0.445 e. The fraction of sp³-hybridized carbons (Fsp3) is 0.571. The maximum Gasteiger partial charge on any atom is 0.311 e. The molecule has 0 aromatic rings. The van der Waals surface area contributed by atoms with E-state index in [1.165, 1.54) is 0 Å². The Morgan fingerprint density at radius 2 is 2.50 bits per heavy atom. The predicted octanol–water partition coefficient (Wildman–Crippen LogP) is 1.30. The second kappa shape index (κ2) is 1.99. The van der Waals surface area contributed by atoms with E-state index < -0.39 is 5.56 Å². The average Bonchev–Trinajstić information content (AvgIpc) is 2.39. The van der Waals surface area contributed by atoms with E-state index in [9.17, 15) is 4.79 Å². The van der Waals surface area contributed by atoms with Crippen LogP contribution < -0.4 is 0 Å². The van der Waals surface area contributed by atoms with Gasteiger partial charge >= 0.3 is 5.97 Å². The molecule has 10 heavy (non-hydrogen) atoms. The van der Waals surface area contributed by atoms with Gasteiger partial charge in [0.1, 0.15) is 0 Å². The molecule has 54 valence electrons. The zero-order valence-electron chi connectivity index (χ0n) is 5.29. The van der Waals surface area contributed by atoms with Crippen molar-refractivity contribution in [2.75, 3.05) is 0 Å². The van der Waals surface area contributed by atoms with Crippen molar-refractivity contribution in [1.29, 1.82) is 0 Å². The molecule has 2 rings (SSSR count). The number of hydrogen-bond acceptors (Lipinski definition) is 2. The van der Waals surface area contributed by atoms with Crippen molar-refractivity contribution >= 4 is 17.6 Å². The summed E-state index contributed by atoms with van der Waals surface area (Å²) >= 11 is 5.71. The van der Waals surface area contributed by atoms with Gasteiger partial charge in [-0.15, -0.1) is 0 Å². The molecular weight excluding hydrogens is 152 g/mol. The molecule has 0 radical (unpaired) electrons. The second-order valence-corrected chi connectivity index (χ2v) is 3.07. The summed E-state index contributed by atoms with van der Waals surface area (Å²) in [6.07, 6.45) is 4.76. The van der Waals surface area contributed by atoms with Crippen molar-refractivity contribution < 1.29 is 9.53 Å². The number of cyclic esters (lactones) is 1. The molecule has 0 aromatic carbocycles. The summed E-state index contributed by atoms with van der Waals surface area (Å²) in [7, 11) is 0. The summed E-state index contributed by atoms with van der Waals surface area (Å²) in [6, 6.07) is 0. The third kappa shape index (κ3) is 0.686. The predicted molar refractivity (Wildman–Crippen MR) is 36.5 cm³/mol. The van der Waals surface area contributed by atoms with E-state index in [-0.39, 0.29) is 17.8 Å². The highest BCUT2D eigenvalue weighted by atomic mass is 35.5. The Labute approximate surface area is 63.8 Å². The van der Waals surface area contributed by atoms with E-state index in [4.69, 9.17) is 16.3 Å². The lowest BCUT2D eigenvalue weighted by molar-refractivity contribution is -0.142. The van der Waals surface area contributed by atoms with Gasteiger partial charge in [0.2, 0.25) is 0 Å². The smallest absolute Gasteiger partial charge is 0.311 e. The van der Waals surface area contributed by atoms with Gasteiger partial charge in [0.15, 0.2) is 5.56 Å². The van der Waals surface area contributed by atoms with Crippen LogP contribution in [0.4, 0.5) is 0 Å². The summed E-state index contributed by atoms with van der Waals surface area (Å²) < 4.78 is 4.80. The molecule has 1 aliphatic heterocycles. The zero-order valence-corrected chi connectivity index (χ0v) is 6.04. The molecule has 0 saturated carbocycles. The molecule has 1 fully saturated rings. The lowest BCUT2D eigenvalue weighted by Gasteiger charge is -2.03. The molecule has 3 heteroatoms. The summed E-state index contributed by atoms with van der Waals surface area (Å²) in [5.41, 5.74) is -0.420. The maximum absolute atomic E-state index is 10.9. The number of esters is 1. The van der Waals surface area contributed by atoms with Crippen molar-refractivity contribution in [2.24, 2.45) is 11.8 Å². The van der Waals surface area contributed by atoms with Gasteiger partial charge in [0, 0.05) is 5.92 Å². The van der Waals surface area contributed by atoms with E-state index in [0.717, 1.165) is 6.42 Å². The lowest BCUT2D eigenvalue weighted by Crippen LogP contribution is -2.10. The van der Waals surface area contributed by atoms with E-state index in [2.05, 4.69) is 0 Å². The first kappa shape index (κ1) is 6.23. The van der Waals surface area contributed by atoms with Crippen molar-refractivity contribution in [2.45, 2.75) is 12.0 Å². The molecule has 0 bridgehead atoms.